The summed E-state index contributed by atoms with van der Waals surface area (Å²) in [6.45, 7) is 4.03. The van der Waals surface area contributed by atoms with Crippen LogP contribution in [0, 0.1) is 13.8 Å². The summed E-state index contributed by atoms with van der Waals surface area (Å²) in [5.41, 5.74) is 2.33. The molecule has 0 N–H and O–H groups in total. The Morgan fingerprint density at radius 1 is 0.938 bits per heavy atom. The Balaban J connectivity index is 0.000000165. The first-order valence-corrected chi connectivity index (χ1v) is 5.20. The summed E-state index contributed by atoms with van der Waals surface area (Å²) in [5.74, 6) is 0.917. The van der Waals surface area contributed by atoms with Crippen molar-refractivity contribution in [1.29, 1.82) is 0 Å². The van der Waals surface area contributed by atoms with E-state index in [1.807, 2.05) is 49.4 Å². The maximum Gasteiger partial charge on any atom is 0.118 e. The van der Waals surface area contributed by atoms with E-state index in [0.717, 1.165) is 11.4 Å². The van der Waals surface area contributed by atoms with Crippen LogP contribution in [0.25, 0.3) is 0 Å². The molecule has 1 aromatic carbocycles. The minimum absolute atomic E-state index is 0.917. The fourth-order valence-corrected chi connectivity index (χ4v) is 1.12. The summed E-state index contributed by atoms with van der Waals surface area (Å²) < 4.78 is 4.97. The smallest absolute Gasteiger partial charge is 0.118 e. The van der Waals surface area contributed by atoms with Crippen LogP contribution in [0.1, 0.15) is 11.3 Å². The highest BCUT2D eigenvalue weighted by molar-refractivity contribution is 5.25. The van der Waals surface area contributed by atoms with Gasteiger partial charge in [0.05, 0.1) is 7.11 Å². The molecule has 2 nitrogen and oxygen atoms in total. The van der Waals surface area contributed by atoms with E-state index in [9.17, 15) is 0 Å². The summed E-state index contributed by atoms with van der Waals surface area (Å²) in [7, 11) is 1.67. The second kappa shape index (κ2) is 6.62. The number of nitrogens with zero attached hydrogens (tertiary/aromatic N) is 1. The lowest BCUT2D eigenvalue weighted by molar-refractivity contribution is 0.414. The SMILES string of the molecule is COc1ccc(C)cc1.Cc1ccccn1. The number of methoxy groups -OCH3 is 1. The van der Waals surface area contributed by atoms with Gasteiger partial charge in [-0.2, -0.15) is 0 Å². The van der Waals surface area contributed by atoms with Crippen LogP contribution in [0.3, 0.4) is 0 Å². The highest BCUT2D eigenvalue weighted by Crippen LogP contribution is 2.09. The fourth-order valence-electron chi connectivity index (χ4n) is 1.12. The molecule has 0 fully saturated rings. The molecule has 2 rings (SSSR count). The molecule has 0 atom stereocenters. The second-order valence-corrected chi connectivity index (χ2v) is 3.49. The third kappa shape index (κ3) is 4.60. The number of hydrogen-bond acceptors (Lipinski definition) is 2. The van der Waals surface area contributed by atoms with Gasteiger partial charge in [-0.05, 0) is 38.1 Å². The lowest BCUT2D eigenvalue weighted by Gasteiger charge is -1.97. The maximum atomic E-state index is 4.97. The average Bonchev–Trinajstić information content (AvgIpc) is 2.32. The Bertz CT molecular complexity index is 395. The van der Waals surface area contributed by atoms with Gasteiger partial charge in [0, 0.05) is 11.9 Å². The van der Waals surface area contributed by atoms with E-state index in [0.29, 0.717) is 0 Å². The van der Waals surface area contributed by atoms with E-state index in [2.05, 4.69) is 11.9 Å². The van der Waals surface area contributed by atoms with Gasteiger partial charge in [-0.25, -0.2) is 0 Å². The highest BCUT2D eigenvalue weighted by Gasteiger charge is 1.85. The van der Waals surface area contributed by atoms with Crippen molar-refractivity contribution in [2.75, 3.05) is 7.11 Å². The van der Waals surface area contributed by atoms with Gasteiger partial charge in [0.2, 0.25) is 0 Å². The number of rotatable bonds is 1. The number of benzene rings is 1. The van der Waals surface area contributed by atoms with Crippen molar-refractivity contribution in [2.24, 2.45) is 0 Å². The molecule has 0 aliphatic rings. The molecule has 0 saturated carbocycles. The summed E-state index contributed by atoms with van der Waals surface area (Å²) >= 11 is 0. The van der Waals surface area contributed by atoms with Crippen molar-refractivity contribution < 1.29 is 4.74 Å². The number of hydrogen-bond donors (Lipinski definition) is 0. The van der Waals surface area contributed by atoms with Gasteiger partial charge in [0.15, 0.2) is 0 Å². The zero-order chi connectivity index (χ0) is 11.8. The van der Waals surface area contributed by atoms with Crippen LogP contribution in [-0.4, -0.2) is 12.1 Å². The Kier molecular flexibility index (Phi) is 5.06. The molecule has 0 unspecified atom stereocenters. The molecule has 0 radical (unpaired) electrons. The minimum Gasteiger partial charge on any atom is -0.497 e. The molecule has 0 saturated heterocycles. The van der Waals surface area contributed by atoms with Gasteiger partial charge < -0.3 is 4.74 Å². The Morgan fingerprint density at radius 2 is 1.62 bits per heavy atom. The molecule has 0 amide bonds. The fraction of sp³-hybridized carbons (Fsp3) is 0.214. The Hall–Kier alpha value is -1.83. The van der Waals surface area contributed by atoms with E-state index >= 15 is 0 Å². The minimum atomic E-state index is 0.917. The van der Waals surface area contributed by atoms with Crippen LogP contribution in [0.4, 0.5) is 0 Å². The van der Waals surface area contributed by atoms with Crippen molar-refractivity contribution in [3.8, 4) is 5.75 Å². The number of aryl methyl sites for hydroxylation is 2. The quantitative estimate of drug-likeness (QED) is 0.727. The van der Waals surface area contributed by atoms with E-state index in [1.165, 1.54) is 5.56 Å². The first-order chi connectivity index (χ1) is 7.72. The van der Waals surface area contributed by atoms with E-state index in [1.54, 1.807) is 13.3 Å². The predicted octanol–water partition coefficient (Wildman–Crippen LogP) is 3.39. The average molecular weight is 215 g/mol. The van der Waals surface area contributed by atoms with Gasteiger partial charge in [0.25, 0.3) is 0 Å². The molecule has 0 aliphatic heterocycles. The van der Waals surface area contributed by atoms with Gasteiger partial charge in [-0.3, -0.25) is 4.98 Å². The lowest BCUT2D eigenvalue weighted by Crippen LogP contribution is -1.80. The molecular weight excluding hydrogens is 198 g/mol. The van der Waals surface area contributed by atoms with E-state index in [4.69, 9.17) is 4.74 Å². The number of pyridine rings is 1. The van der Waals surface area contributed by atoms with Gasteiger partial charge >= 0.3 is 0 Å². The van der Waals surface area contributed by atoms with Crippen molar-refractivity contribution >= 4 is 0 Å². The zero-order valence-corrected chi connectivity index (χ0v) is 9.97. The first-order valence-electron chi connectivity index (χ1n) is 5.20. The lowest BCUT2D eigenvalue weighted by atomic mass is 10.2. The topological polar surface area (TPSA) is 22.1 Å². The molecule has 1 aromatic heterocycles. The molecule has 0 spiro atoms. The van der Waals surface area contributed by atoms with Crippen molar-refractivity contribution in [3.63, 3.8) is 0 Å². The van der Waals surface area contributed by atoms with Gasteiger partial charge in [-0.15, -0.1) is 0 Å². The molecular formula is C14H17NO. The van der Waals surface area contributed by atoms with Crippen molar-refractivity contribution in [1.82, 2.24) is 4.98 Å². The summed E-state index contributed by atoms with van der Waals surface area (Å²) in [6.07, 6.45) is 1.79. The van der Waals surface area contributed by atoms with Gasteiger partial charge in [-0.1, -0.05) is 23.8 Å². The molecule has 0 bridgehead atoms. The second-order valence-electron chi connectivity index (χ2n) is 3.49. The summed E-state index contributed by atoms with van der Waals surface area (Å²) in [5, 5.41) is 0. The van der Waals surface area contributed by atoms with Crippen LogP contribution >= 0.6 is 0 Å². The molecule has 2 aromatic rings. The Labute approximate surface area is 96.9 Å². The summed E-state index contributed by atoms with van der Waals surface area (Å²) in [4.78, 5) is 3.98. The predicted molar refractivity (Wildman–Crippen MR) is 66.7 cm³/mol. The molecule has 84 valence electrons. The number of aromatic nitrogens is 1. The third-order valence-electron chi connectivity index (χ3n) is 2.07. The van der Waals surface area contributed by atoms with Crippen molar-refractivity contribution in [3.05, 3.63) is 59.9 Å². The van der Waals surface area contributed by atoms with E-state index in [-0.39, 0.29) is 0 Å². The summed E-state index contributed by atoms with van der Waals surface area (Å²) in [6, 6.07) is 13.8. The Morgan fingerprint density at radius 3 is 2.00 bits per heavy atom. The zero-order valence-electron chi connectivity index (χ0n) is 9.97. The third-order valence-corrected chi connectivity index (χ3v) is 2.07. The van der Waals surface area contributed by atoms with Gasteiger partial charge in [0.1, 0.15) is 5.75 Å². The largest absolute Gasteiger partial charge is 0.497 e. The van der Waals surface area contributed by atoms with E-state index < -0.39 is 0 Å². The molecule has 16 heavy (non-hydrogen) atoms. The van der Waals surface area contributed by atoms with Crippen LogP contribution in [-0.2, 0) is 0 Å². The maximum absolute atomic E-state index is 4.97. The molecule has 2 heteroatoms. The highest BCUT2D eigenvalue weighted by atomic mass is 16.5. The van der Waals surface area contributed by atoms with Crippen LogP contribution in [0.15, 0.2) is 48.7 Å². The monoisotopic (exact) mass is 215 g/mol. The van der Waals surface area contributed by atoms with Crippen LogP contribution in [0.2, 0.25) is 0 Å². The van der Waals surface area contributed by atoms with Crippen LogP contribution in [0.5, 0.6) is 5.75 Å². The first kappa shape index (κ1) is 12.2. The number of ether oxygens (including phenoxy) is 1. The normalized spacial score (nSPS) is 8.94. The molecule has 0 aliphatic carbocycles. The van der Waals surface area contributed by atoms with Crippen LogP contribution < -0.4 is 4.74 Å². The van der Waals surface area contributed by atoms with Crippen molar-refractivity contribution in [2.45, 2.75) is 13.8 Å². The molecule has 1 heterocycles. The standard InChI is InChI=1S/C8H10O.C6H7N/c1-7-3-5-8(9-2)6-4-7;1-6-4-2-3-5-7-6/h3-6H,1-2H3;2-5H,1H3.